The fourth-order valence-electron chi connectivity index (χ4n) is 2.47. The van der Waals surface area contributed by atoms with Gasteiger partial charge in [0.25, 0.3) is 0 Å². The average Bonchev–Trinajstić information content (AvgIpc) is 3.04. The number of hydrogen-bond donors (Lipinski definition) is 1. The summed E-state index contributed by atoms with van der Waals surface area (Å²) in [5, 5.41) is 17.6. The molecule has 9 heteroatoms. The number of hydrogen-bond acceptors (Lipinski definition) is 4. The van der Waals surface area contributed by atoms with Crippen molar-refractivity contribution in [2.45, 2.75) is 12.8 Å². The molecule has 1 aromatic heterocycles. The van der Waals surface area contributed by atoms with Gasteiger partial charge < -0.3 is 9.84 Å². The normalized spacial score (nSPS) is 11.6. The Labute approximate surface area is 151 Å². The number of alkyl halides is 3. The van der Waals surface area contributed by atoms with E-state index >= 15 is 0 Å². The maximum Gasteiger partial charge on any atom is 0.416 e. The number of aliphatic hydroxyl groups is 1. The highest BCUT2D eigenvalue weighted by molar-refractivity contribution is 6.32. The molecule has 0 atom stereocenters. The molecule has 1 heterocycles. The maximum atomic E-state index is 12.8. The first-order chi connectivity index (χ1) is 12.3. The van der Waals surface area contributed by atoms with E-state index in [4.69, 9.17) is 16.3 Å². The van der Waals surface area contributed by atoms with Gasteiger partial charge in [0.05, 0.1) is 35.7 Å². The number of aromatic nitrogens is 3. The van der Waals surface area contributed by atoms with Crippen LogP contribution in [0.2, 0.25) is 5.02 Å². The Kier molecular flexibility index (Phi) is 4.88. The van der Waals surface area contributed by atoms with Crippen molar-refractivity contribution in [2.75, 3.05) is 7.11 Å². The molecule has 136 valence electrons. The molecular formula is C17H13ClF3N3O2. The minimum Gasteiger partial charge on any atom is -0.497 e. The van der Waals surface area contributed by atoms with Crippen LogP contribution in [0.5, 0.6) is 5.75 Å². The summed E-state index contributed by atoms with van der Waals surface area (Å²) in [5.41, 5.74) is 0.690. The monoisotopic (exact) mass is 383 g/mol. The van der Waals surface area contributed by atoms with Gasteiger partial charge >= 0.3 is 6.18 Å². The lowest BCUT2D eigenvalue weighted by Crippen LogP contribution is -2.08. The molecule has 0 bridgehead atoms. The summed E-state index contributed by atoms with van der Waals surface area (Å²) in [6, 6.07) is 9.82. The van der Waals surface area contributed by atoms with Crippen LogP contribution < -0.4 is 4.74 Å². The van der Waals surface area contributed by atoms with Gasteiger partial charge in [-0.1, -0.05) is 16.8 Å². The van der Waals surface area contributed by atoms with Crippen LogP contribution in [0.1, 0.15) is 11.3 Å². The summed E-state index contributed by atoms with van der Waals surface area (Å²) in [6.45, 7) is -0.425. The third-order valence-electron chi connectivity index (χ3n) is 3.78. The van der Waals surface area contributed by atoms with Crippen molar-refractivity contribution in [1.29, 1.82) is 0 Å². The molecule has 0 unspecified atom stereocenters. The molecule has 0 aliphatic heterocycles. The Morgan fingerprint density at radius 2 is 1.85 bits per heavy atom. The highest BCUT2D eigenvalue weighted by Crippen LogP contribution is 2.34. The van der Waals surface area contributed by atoms with Gasteiger partial charge in [0.15, 0.2) is 0 Å². The van der Waals surface area contributed by atoms with Gasteiger partial charge in [-0.05, 0) is 42.5 Å². The Morgan fingerprint density at radius 1 is 1.15 bits per heavy atom. The van der Waals surface area contributed by atoms with E-state index in [-0.39, 0.29) is 10.7 Å². The van der Waals surface area contributed by atoms with Crippen molar-refractivity contribution in [3.05, 3.63) is 58.7 Å². The molecule has 0 amide bonds. The fourth-order valence-corrected chi connectivity index (χ4v) is 2.73. The van der Waals surface area contributed by atoms with E-state index in [1.807, 2.05) is 0 Å². The predicted octanol–water partition coefficient (Wildman–Crippen LogP) is 4.11. The van der Waals surface area contributed by atoms with E-state index in [1.54, 1.807) is 24.3 Å². The molecule has 26 heavy (non-hydrogen) atoms. The quantitative estimate of drug-likeness (QED) is 0.736. The van der Waals surface area contributed by atoms with Gasteiger partial charge in [-0.3, -0.25) is 0 Å². The van der Waals surface area contributed by atoms with E-state index in [0.29, 0.717) is 22.7 Å². The van der Waals surface area contributed by atoms with Crippen LogP contribution in [0, 0.1) is 0 Å². The largest absolute Gasteiger partial charge is 0.497 e. The number of aliphatic hydroxyl groups excluding tert-OH is 1. The van der Waals surface area contributed by atoms with E-state index in [1.165, 1.54) is 17.9 Å². The summed E-state index contributed by atoms with van der Waals surface area (Å²) in [5.74, 6) is 0.650. The third-order valence-corrected chi connectivity index (χ3v) is 4.08. The molecule has 1 N–H and O–H groups in total. The maximum absolute atomic E-state index is 12.8. The van der Waals surface area contributed by atoms with E-state index in [0.717, 1.165) is 12.1 Å². The standard InChI is InChI=1S/C17H13ClF3N3O2/c1-26-12-5-2-10(3-6-12)16-15(9-25)24(23-22-16)14-7-4-11(8-13(14)18)17(19,20)21/h2-8,25H,9H2,1H3. The second kappa shape index (κ2) is 6.97. The van der Waals surface area contributed by atoms with Gasteiger partial charge in [-0.15, -0.1) is 5.10 Å². The van der Waals surface area contributed by atoms with E-state index in [9.17, 15) is 18.3 Å². The number of ether oxygens (including phenoxy) is 1. The molecular weight excluding hydrogens is 371 g/mol. The molecule has 0 aliphatic rings. The molecule has 0 aliphatic carbocycles. The topological polar surface area (TPSA) is 60.2 Å². The first-order valence-electron chi connectivity index (χ1n) is 7.42. The Hall–Kier alpha value is -2.58. The first kappa shape index (κ1) is 18.2. The molecule has 0 saturated carbocycles. The molecule has 0 radical (unpaired) electrons. The predicted molar refractivity (Wildman–Crippen MR) is 89.3 cm³/mol. The summed E-state index contributed by atoms with van der Waals surface area (Å²) < 4.78 is 44.7. The van der Waals surface area contributed by atoms with Gasteiger partial charge in [-0.2, -0.15) is 13.2 Å². The highest BCUT2D eigenvalue weighted by atomic mass is 35.5. The number of nitrogens with zero attached hydrogens (tertiary/aromatic N) is 3. The van der Waals surface area contributed by atoms with Gasteiger partial charge in [0.2, 0.25) is 0 Å². The summed E-state index contributed by atoms with van der Waals surface area (Å²) in [6.07, 6.45) is -4.50. The second-order valence-corrected chi connectivity index (χ2v) is 5.75. The molecule has 0 spiro atoms. The minimum absolute atomic E-state index is 0.152. The summed E-state index contributed by atoms with van der Waals surface area (Å²) in [7, 11) is 1.54. The van der Waals surface area contributed by atoms with Crippen molar-refractivity contribution in [3.63, 3.8) is 0 Å². The minimum atomic E-state index is -4.50. The summed E-state index contributed by atoms with van der Waals surface area (Å²) in [4.78, 5) is 0. The van der Waals surface area contributed by atoms with Crippen molar-refractivity contribution >= 4 is 11.6 Å². The van der Waals surface area contributed by atoms with Gasteiger partial charge in [0, 0.05) is 5.56 Å². The van der Waals surface area contributed by atoms with Crippen molar-refractivity contribution < 1.29 is 23.0 Å². The van der Waals surface area contributed by atoms with Gasteiger partial charge in [0.1, 0.15) is 11.4 Å². The van der Waals surface area contributed by atoms with Crippen LogP contribution >= 0.6 is 11.6 Å². The average molecular weight is 384 g/mol. The zero-order valence-electron chi connectivity index (χ0n) is 13.5. The SMILES string of the molecule is COc1ccc(-c2nnn(-c3ccc(C(F)(F)F)cc3Cl)c2CO)cc1. The zero-order chi connectivity index (χ0) is 18.9. The van der Waals surface area contributed by atoms with Crippen molar-refractivity contribution in [3.8, 4) is 22.7 Å². The van der Waals surface area contributed by atoms with Crippen molar-refractivity contribution in [1.82, 2.24) is 15.0 Å². The molecule has 3 aromatic rings. The number of benzene rings is 2. The molecule has 5 nitrogen and oxygen atoms in total. The fraction of sp³-hybridized carbons (Fsp3) is 0.176. The van der Waals surface area contributed by atoms with Gasteiger partial charge in [-0.25, -0.2) is 4.68 Å². The summed E-state index contributed by atoms with van der Waals surface area (Å²) >= 11 is 6.01. The lowest BCUT2D eigenvalue weighted by atomic mass is 10.1. The van der Waals surface area contributed by atoms with E-state index in [2.05, 4.69) is 10.3 Å². The zero-order valence-corrected chi connectivity index (χ0v) is 14.2. The van der Waals surface area contributed by atoms with Crippen LogP contribution in [0.25, 0.3) is 16.9 Å². The highest BCUT2D eigenvalue weighted by Gasteiger charge is 2.31. The number of methoxy groups -OCH3 is 1. The smallest absolute Gasteiger partial charge is 0.416 e. The van der Waals surface area contributed by atoms with Crippen LogP contribution in [0.3, 0.4) is 0 Å². The van der Waals surface area contributed by atoms with Crippen LogP contribution in [-0.2, 0) is 12.8 Å². The Morgan fingerprint density at radius 3 is 2.38 bits per heavy atom. The lowest BCUT2D eigenvalue weighted by Gasteiger charge is -2.11. The molecule has 0 saturated heterocycles. The second-order valence-electron chi connectivity index (χ2n) is 5.35. The van der Waals surface area contributed by atoms with Crippen LogP contribution in [0.15, 0.2) is 42.5 Å². The molecule has 0 fully saturated rings. The number of halogens is 4. The number of rotatable bonds is 4. The van der Waals surface area contributed by atoms with Crippen molar-refractivity contribution in [2.24, 2.45) is 0 Å². The van der Waals surface area contributed by atoms with E-state index < -0.39 is 18.3 Å². The Balaban J connectivity index is 2.05. The molecule has 3 rings (SSSR count). The first-order valence-corrected chi connectivity index (χ1v) is 7.80. The van der Waals surface area contributed by atoms with Crippen LogP contribution in [-0.4, -0.2) is 27.2 Å². The van der Waals surface area contributed by atoms with Crippen LogP contribution in [0.4, 0.5) is 13.2 Å². The third kappa shape index (κ3) is 3.38. The Bertz CT molecular complexity index is 924. The lowest BCUT2D eigenvalue weighted by molar-refractivity contribution is -0.137. The molecule has 2 aromatic carbocycles.